The average Bonchev–Trinajstić information content (AvgIpc) is 3.70. The number of rotatable bonds is 9. The van der Waals surface area contributed by atoms with E-state index in [2.05, 4.69) is 32.0 Å². The Labute approximate surface area is 241 Å². The van der Waals surface area contributed by atoms with E-state index in [1.807, 2.05) is 0 Å². The lowest BCUT2D eigenvalue weighted by atomic mass is 10.0. The molecule has 2 aromatic carbocycles. The zero-order chi connectivity index (χ0) is 29.4. The van der Waals surface area contributed by atoms with Crippen molar-refractivity contribution in [3.63, 3.8) is 0 Å². The fraction of sp³-hybridized carbons (Fsp3) is 0.333. The number of halogens is 2. The van der Waals surface area contributed by atoms with Gasteiger partial charge in [-0.25, -0.2) is 13.8 Å². The van der Waals surface area contributed by atoms with E-state index in [0.29, 0.717) is 36.0 Å². The van der Waals surface area contributed by atoms with Gasteiger partial charge in [-0.2, -0.15) is 5.10 Å². The number of amides is 2. The molecule has 2 aromatic heterocycles. The lowest BCUT2D eigenvalue weighted by Crippen LogP contribution is -2.45. The molecule has 6 rings (SSSR count). The minimum Gasteiger partial charge on any atom is -0.453 e. The van der Waals surface area contributed by atoms with E-state index in [0.717, 1.165) is 44.5 Å². The summed E-state index contributed by atoms with van der Waals surface area (Å²) in [6, 6.07) is 10.9. The maximum atomic E-state index is 15.6. The highest BCUT2D eigenvalue weighted by molar-refractivity contribution is 6.16. The smallest absolute Gasteiger partial charge is 0.247 e. The minimum atomic E-state index is -1.37. The maximum absolute atomic E-state index is 15.6. The number of pyridine rings is 1. The zero-order valence-corrected chi connectivity index (χ0v) is 23.1. The van der Waals surface area contributed by atoms with Gasteiger partial charge in [-0.1, -0.05) is 0 Å². The molecule has 0 spiro atoms. The highest BCUT2D eigenvalue weighted by Crippen LogP contribution is 2.49. The van der Waals surface area contributed by atoms with Gasteiger partial charge in [0.1, 0.15) is 17.0 Å². The molecule has 0 atom stereocenters. The van der Waals surface area contributed by atoms with Gasteiger partial charge >= 0.3 is 0 Å². The summed E-state index contributed by atoms with van der Waals surface area (Å²) < 4.78 is 35.3. The van der Waals surface area contributed by atoms with Gasteiger partial charge in [0.25, 0.3) is 0 Å². The number of aromatic nitrogens is 3. The second kappa shape index (κ2) is 11.1. The summed E-state index contributed by atoms with van der Waals surface area (Å²) >= 11 is 0. The van der Waals surface area contributed by atoms with Crippen molar-refractivity contribution in [1.82, 2.24) is 25.0 Å². The van der Waals surface area contributed by atoms with Crippen molar-refractivity contribution < 1.29 is 23.1 Å². The third-order valence-corrected chi connectivity index (χ3v) is 8.07. The fourth-order valence-electron chi connectivity index (χ4n) is 5.29. The summed E-state index contributed by atoms with van der Waals surface area (Å²) in [5.41, 5.74) is 5.92. The van der Waals surface area contributed by atoms with E-state index in [4.69, 9.17) is 10.5 Å². The second-order valence-corrected chi connectivity index (χ2v) is 10.9. The predicted molar refractivity (Wildman–Crippen MR) is 152 cm³/mol. The average molecular weight is 576 g/mol. The number of nitrogens with two attached hydrogens (primary N) is 1. The first-order valence-electron chi connectivity index (χ1n) is 13.9. The lowest BCUT2D eigenvalue weighted by molar-refractivity contribution is -0.133. The molecule has 1 aliphatic carbocycles. The molecule has 4 aromatic rings. The van der Waals surface area contributed by atoms with Crippen LogP contribution in [-0.4, -0.2) is 76.6 Å². The van der Waals surface area contributed by atoms with Crippen LogP contribution in [0.2, 0.25) is 0 Å². The third kappa shape index (κ3) is 5.30. The van der Waals surface area contributed by atoms with E-state index < -0.39 is 28.9 Å². The van der Waals surface area contributed by atoms with Crippen molar-refractivity contribution in [3.05, 3.63) is 72.1 Å². The van der Waals surface area contributed by atoms with Gasteiger partial charge < -0.3 is 20.3 Å². The molecule has 3 N–H and O–H groups in total. The standard InChI is InChI=1S/C30H31F2N7O3/c1-37-14-16-38(17-15-37)13-9-23-26-25(8-12-34-27(26)36-35-23)42-24-7-6-21(18-22(24)32)39(20-4-2-19(31)3-5-20)29(41)30(10-11-30)28(33)40/h2-8,12,18H,9-11,13-17H2,1H3,(H2,33,40)(H,34,35,36). The minimum absolute atomic E-state index is 0.0694. The number of hydrogen-bond acceptors (Lipinski definition) is 7. The van der Waals surface area contributed by atoms with E-state index >= 15 is 4.39 Å². The third-order valence-electron chi connectivity index (χ3n) is 8.07. The predicted octanol–water partition coefficient (Wildman–Crippen LogP) is 3.75. The Morgan fingerprint density at radius 2 is 1.74 bits per heavy atom. The second-order valence-electron chi connectivity index (χ2n) is 10.9. The van der Waals surface area contributed by atoms with Crippen LogP contribution in [0.15, 0.2) is 54.7 Å². The molecule has 10 nitrogen and oxygen atoms in total. The van der Waals surface area contributed by atoms with Gasteiger partial charge in [0.2, 0.25) is 11.8 Å². The summed E-state index contributed by atoms with van der Waals surface area (Å²) in [5.74, 6) is -2.24. The molecule has 0 radical (unpaired) electrons. The number of anilines is 2. The number of carbonyl (C=O) groups is 2. The zero-order valence-electron chi connectivity index (χ0n) is 23.1. The van der Waals surface area contributed by atoms with E-state index in [1.165, 1.54) is 41.3 Å². The molecule has 0 unspecified atom stereocenters. The Morgan fingerprint density at radius 1 is 1.02 bits per heavy atom. The summed E-state index contributed by atoms with van der Waals surface area (Å²) in [6.45, 7) is 4.82. The quantitative estimate of drug-likeness (QED) is 0.292. The number of carbonyl (C=O) groups excluding carboxylic acids is 2. The number of nitrogens with one attached hydrogen (secondary N) is 1. The van der Waals surface area contributed by atoms with Crippen molar-refractivity contribution in [3.8, 4) is 11.5 Å². The van der Waals surface area contributed by atoms with Crippen LogP contribution in [0.3, 0.4) is 0 Å². The number of benzene rings is 2. The number of ether oxygens (including phenoxy) is 1. The van der Waals surface area contributed by atoms with Crippen molar-refractivity contribution in [2.45, 2.75) is 19.3 Å². The number of aromatic amines is 1. The number of H-pyrrole nitrogens is 1. The molecule has 42 heavy (non-hydrogen) atoms. The van der Waals surface area contributed by atoms with Crippen LogP contribution in [0.4, 0.5) is 20.2 Å². The molecule has 1 saturated carbocycles. The normalized spacial score (nSPS) is 16.8. The molecule has 2 amide bonds. The van der Waals surface area contributed by atoms with Gasteiger partial charge in [-0.3, -0.25) is 19.6 Å². The number of primary amides is 1. The van der Waals surface area contributed by atoms with Crippen LogP contribution in [0.5, 0.6) is 11.5 Å². The first-order valence-corrected chi connectivity index (χ1v) is 13.9. The van der Waals surface area contributed by atoms with Gasteiger partial charge in [-0.05, 0) is 62.4 Å². The Kier molecular flexibility index (Phi) is 7.33. The van der Waals surface area contributed by atoms with Crippen LogP contribution in [0.25, 0.3) is 11.0 Å². The molecule has 2 fully saturated rings. The van der Waals surface area contributed by atoms with Crippen molar-refractivity contribution in [2.24, 2.45) is 11.1 Å². The number of hydrogen-bond donors (Lipinski definition) is 2. The van der Waals surface area contributed by atoms with Gasteiger partial charge in [0.05, 0.1) is 16.8 Å². The molecular weight excluding hydrogens is 544 g/mol. The van der Waals surface area contributed by atoms with Gasteiger partial charge in [-0.15, -0.1) is 0 Å². The largest absolute Gasteiger partial charge is 0.453 e. The van der Waals surface area contributed by atoms with Gasteiger partial charge in [0, 0.05) is 57.1 Å². The van der Waals surface area contributed by atoms with Crippen molar-refractivity contribution in [1.29, 1.82) is 0 Å². The fourth-order valence-corrected chi connectivity index (χ4v) is 5.29. The number of piperazine rings is 1. The topological polar surface area (TPSA) is 121 Å². The molecule has 3 heterocycles. The summed E-state index contributed by atoms with van der Waals surface area (Å²) in [6.07, 6.45) is 2.81. The Hall–Kier alpha value is -4.42. The molecule has 0 bridgehead atoms. The monoisotopic (exact) mass is 575 g/mol. The molecule has 12 heteroatoms. The summed E-state index contributed by atoms with van der Waals surface area (Å²) in [5, 5.41) is 8.07. The van der Waals surface area contributed by atoms with Crippen LogP contribution < -0.4 is 15.4 Å². The number of likely N-dealkylation sites (N-methyl/N-ethyl adjacent to an activating group) is 1. The van der Waals surface area contributed by atoms with Gasteiger partial charge in [0.15, 0.2) is 17.2 Å². The maximum Gasteiger partial charge on any atom is 0.247 e. The highest BCUT2D eigenvalue weighted by atomic mass is 19.1. The first-order chi connectivity index (χ1) is 20.2. The molecule has 1 saturated heterocycles. The number of nitrogens with zero attached hydrogens (tertiary/aromatic N) is 5. The van der Waals surface area contributed by atoms with Crippen molar-refractivity contribution in [2.75, 3.05) is 44.7 Å². The first kappa shape index (κ1) is 27.7. The van der Waals surface area contributed by atoms with Crippen LogP contribution in [0, 0.1) is 17.0 Å². The SMILES string of the molecule is CN1CCN(CCc2n[nH]c3nccc(Oc4ccc(N(C(=O)C5(C(N)=O)CC5)c5ccc(F)cc5)cc4F)c23)CC1. The van der Waals surface area contributed by atoms with Crippen molar-refractivity contribution >= 4 is 34.2 Å². The van der Waals surface area contributed by atoms with Crippen LogP contribution in [-0.2, 0) is 16.0 Å². The summed E-state index contributed by atoms with van der Waals surface area (Å²) in [4.78, 5) is 35.9. The molecular formula is C30H31F2N7O3. The summed E-state index contributed by atoms with van der Waals surface area (Å²) in [7, 11) is 2.11. The molecule has 2 aliphatic rings. The van der Waals surface area contributed by atoms with Crippen LogP contribution in [0.1, 0.15) is 18.5 Å². The Bertz CT molecular complexity index is 1630. The Balaban J connectivity index is 1.27. The Morgan fingerprint density at radius 3 is 2.40 bits per heavy atom. The molecule has 1 aliphatic heterocycles. The van der Waals surface area contributed by atoms with E-state index in [1.54, 1.807) is 12.3 Å². The highest BCUT2D eigenvalue weighted by Gasteiger charge is 2.57. The molecule has 218 valence electrons. The van der Waals surface area contributed by atoms with E-state index in [-0.39, 0.29) is 17.1 Å². The van der Waals surface area contributed by atoms with Crippen LogP contribution >= 0.6 is 0 Å². The lowest BCUT2D eigenvalue weighted by Gasteiger charge is -2.32. The number of fused-ring (bicyclic) bond motifs is 1. The van der Waals surface area contributed by atoms with E-state index in [9.17, 15) is 14.0 Å².